The summed E-state index contributed by atoms with van der Waals surface area (Å²) in [5.41, 5.74) is 3.51. The van der Waals surface area contributed by atoms with Gasteiger partial charge in [0.2, 0.25) is 0 Å². The maximum atomic E-state index is 12.3. The van der Waals surface area contributed by atoms with Gasteiger partial charge in [-0.15, -0.1) is 0 Å². The highest BCUT2D eigenvalue weighted by molar-refractivity contribution is 7.80. The van der Waals surface area contributed by atoms with Crippen LogP contribution in [0.1, 0.15) is 15.9 Å². The van der Waals surface area contributed by atoms with Gasteiger partial charge in [0.15, 0.2) is 5.11 Å². The maximum Gasteiger partial charge on any atom is 0.257 e. The first kappa shape index (κ1) is 19.4. The van der Waals surface area contributed by atoms with Crippen LogP contribution in [-0.4, -0.2) is 11.0 Å². The summed E-state index contributed by atoms with van der Waals surface area (Å²) >= 11 is 17.2. The number of halogens is 2. The van der Waals surface area contributed by atoms with Gasteiger partial charge >= 0.3 is 0 Å². The van der Waals surface area contributed by atoms with Crippen molar-refractivity contribution in [2.24, 2.45) is 0 Å². The number of hydrogen-bond acceptors (Lipinski definition) is 2. The predicted molar refractivity (Wildman–Crippen MR) is 115 cm³/mol. The first-order valence-electron chi connectivity index (χ1n) is 8.21. The predicted octanol–water partition coefficient (Wildman–Crippen LogP) is 5.46. The molecule has 0 fully saturated rings. The van der Waals surface area contributed by atoms with Gasteiger partial charge in [0.25, 0.3) is 5.91 Å². The monoisotopic (exact) mass is 414 g/mol. The number of nitrogens with one attached hydrogen (secondary N) is 2. The van der Waals surface area contributed by atoms with Crippen LogP contribution in [-0.2, 0) is 6.54 Å². The number of carbonyl (C=O) groups is 1. The zero-order chi connectivity index (χ0) is 19.2. The Kier molecular flexibility index (Phi) is 6.45. The minimum Gasteiger partial charge on any atom is -0.358 e. The van der Waals surface area contributed by atoms with E-state index in [0.717, 1.165) is 16.7 Å². The molecule has 3 rings (SSSR count). The van der Waals surface area contributed by atoms with Crippen LogP contribution in [0.5, 0.6) is 0 Å². The minimum absolute atomic E-state index is 0.234. The average Bonchev–Trinajstić information content (AvgIpc) is 2.68. The van der Waals surface area contributed by atoms with E-state index < -0.39 is 0 Å². The fourth-order valence-corrected chi connectivity index (χ4v) is 3.14. The Balaban J connectivity index is 1.57. The van der Waals surface area contributed by atoms with Crippen molar-refractivity contribution in [3.63, 3.8) is 0 Å². The van der Waals surface area contributed by atoms with Crippen molar-refractivity contribution in [2.45, 2.75) is 6.54 Å². The molecule has 0 atom stereocenters. The van der Waals surface area contributed by atoms with Crippen LogP contribution in [0.4, 0.5) is 0 Å². The van der Waals surface area contributed by atoms with Gasteiger partial charge in [-0.25, -0.2) is 0 Å². The SMILES string of the molecule is O=C(NC(=S)NCc1ccc(Cl)cc1Cl)c1ccc(-c2ccccc2)cc1. The second-order valence-electron chi connectivity index (χ2n) is 5.82. The van der Waals surface area contributed by atoms with Crippen LogP contribution >= 0.6 is 35.4 Å². The number of rotatable bonds is 4. The third kappa shape index (κ3) is 5.30. The molecule has 2 N–H and O–H groups in total. The zero-order valence-corrected chi connectivity index (χ0v) is 16.5. The second kappa shape index (κ2) is 9.00. The summed E-state index contributed by atoms with van der Waals surface area (Å²) in [6, 6.07) is 22.6. The molecule has 0 aliphatic rings. The fraction of sp³-hybridized carbons (Fsp3) is 0.0476. The molecule has 136 valence electrons. The van der Waals surface area contributed by atoms with Crippen molar-refractivity contribution in [1.82, 2.24) is 10.6 Å². The van der Waals surface area contributed by atoms with Crippen LogP contribution in [0, 0.1) is 0 Å². The molecule has 3 aromatic rings. The standard InChI is InChI=1S/C21H16Cl2N2OS/c22-18-11-10-17(19(23)12-18)13-24-21(27)25-20(26)16-8-6-15(7-9-16)14-4-2-1-3-5-14/h1-12H,13H2,(H2,24,25,26,27). The van der Waals surface area contributed by atoms with Crippen molar-refractivity contribution in [1.29, 1.82) is 0 Å². The van der Waals surface area contributed by atoms with E-state index in [0.29, 0.717) is 22.2 Å². The normalized spacial score (nSPS) is 10.3. The number of hydrogen-bond donors (Lipinski definition) is 2. The molecule has 0 bridgehead atoms. The number of benzene rings is 3. The molecule has 27 heavy (non-hydrogen) atoms. The van der Waals surface area contributed by atoms with Crippen LogP contribution in [0.3, 0.4) is 0 Å². The van der Waals surface area contributed by atoms with E-state index in [-0.39, 0.29) is 11.0 Å². The lowest BCUT2D eigenvalue weighted by Crippen LogP contribution is -2.38. The van der Waals surface area contributed by atoms with Gasteiger partial charge < -0.3 is 5.32 Å². The molecule has 1 amide bonds. The lowest BCUT2D eigenvalue weighted by Gasteiger charge is -2.11. The third-order valence-corrected chi connectivity index (χ3v) is 4.77. The molecule has 0 aliphatic heterocycles. The van der Waals surface area contributed by atoms with Crippen LogP contribution in [0.15, 0.2) is 72.8 Å². The van der Waals surface area contributed by atoms with Gasteiger partial charge in [0, 0.05) is 22.2 Å². The van der Waals surface area contributed by atoms with Crippen LogP contribution in [0.25, 0.3) is 11.1 Å². The zero-order valence-electron chi connectivity index (χ0n) is 14.2. The number of thiocarbonyl (C=S) groups is 1. The fourth-order valence-electron chi connectivity index (χ4n) is 2.50. The Morgan fingerprint density at radius 1 is 0.889 bits per heavy atom. The first-order valence-corrected chi connectivity index (χ1v) is 9.38. The molecule has 0 radical (unpaired) electrons. The molecule has 3 nitrogen and oxygen atoms in total. The van der Waals surface area contributed by atoms with Crippen molar-refractivity contribution in [3.05, 3.63) is 94.0 Å². The van der Waals surface area contributed by atoms with Crippen molar-refractivity contribution in [3.8, 4) is 11.1 Å². The molecule has 0 spiro atoms. The van der Waals surface area contributed by atoms with E-state index >= 15 is 0 Å². The highest BCUT2D eigenvalue weighted by atomic mass is 35.5. The summed E-state index contributed by atoms with van der Waals surface area (Å²) in [4.78, 5) is 12.3. The lowest BCUT2D eigenvalue weighted by atomic mass is 10.0. The average molecular weight is 415 g/mol. The van der Waals surface area contributed by atoms with Gasteiger partial charge in [-0.2, -0.15) is 0 Å². The van der Waals surface area contributed by atoms with Crippen molar-refractivity contribution in [2.75, 3.05) is 0 Å². The Hall–Kier alpha value is -2.40. The smallest absolute Gasteiger partial charge is 0.257 e. The summed E-state index contributed by atoms with van der Waals surface area (Å²) in [5, 5.41) is 6.98. The van der Waals surface area contributed by atoms with E-state index in [2.05, 4.69) is 10.6 Å². The van der Waals surface area contributed by atoms with Gasteiger partial charge in [-0.3, -0.25) is 10.1 Å². The van der Waals surface area contributed by atoms with E-state index in [9.17, 15) is 4.79 Å². The molecule has 6 heteroatoms. The van der Waals surface area contributed by atoms with Gasteiger partial charge in [0.1, 0.15) is 0 Å². The highest BCUT2D eigenvalue weighted by Crippen LogP contribution is 2.21. The molecule has 3 aromatic carbocycles. The maximum absolute atomic E-state index is 12.3. The van der Waals surface area contributed by atoms with E-state index in [4.69, 9.17) is 35.4 Å². The van der Waals surface area contributed by atoms with Crippen molar-refractivity contribution >= 4 is 46.4 Å². The lowest BCUT2D eigenvalue weighted by molar-refractivity contribution is 0.0976. The molecule has 0 aromatic heterocycles. The minimum atomic E-state index is -0.269. The quantitative estimate of drug-likeness (QED) is 0.556. The number of carbonyl (C=O) groups excluding carboxylic acids is 1. The van der Waals surface area contributed by atoms with E-state index in [1.165, 1.54) is 0 Å². The first-order chi connectivity index (χ1) is 13.0. The molecule has 0 aliphatic carbocycles. The molecule has 0 unspecified atom stereocenters. The van der Waals surface area contributed by atoms with Crippen molar-refractivity contribution < 1.29 is 4.79 Å². The molecule has 0 saturated heterocycles. The molecular weight excluding hydrogens is 399 g/mol. The summed E-state index contributed by atoms with van der Waals surface area (Å²) in [6.07, 6.45) is 0. The number of amides is 1. The van der Waals surface area contributed by atoms with Crippen LogP contribution < -0.4 is 10.6 Å². The van der Waals surface area contributed by atoms with Gasteiger partial charge in [-0.05, 0) is 53.2 Å². The van der Waals surface area contributed by atoms with Gasteiger partial charge in [-0.1, -0.05) is 71.7 Å². The summed E-state index contributed by atoms with van der Waals surface area (Å²) in [7, 11) is 0. The Morgan fingerprint density at radius 2 is 1.56 bits per heavy atom. The molecule has 0 saturated carbocycles. The van der Waals surface area contributed by atoms with Crippen LogP contribution in [0.2, 0.25) is 10.0 Å². The largest absolute Gasteiger partial charge is 0.358 e. The second-order valence-corrected chi connectivity index (χ2v) is 7.07. The van der Waals surface area contributed by atoms with Gasteiger partial charge in [0.05, 0.1) is 0 Å². The van der Waals surface area contributed by atoms with E-state index in [1.54, 1.807) is 24.3 Å². The topological polar surface area (TPSA) is 41.1 Å². The molecule has 0 heterocycles. The Morgan fingerprint density at radius 3 is 2.22 bits per heavy atom. The molecular formula is C21H16Cl2N2OS. The summed E-state index contributed by atoms with van der Waals surface area (Å²) in [6.45, 7) is 0.391. The third-order valence-electron chi connectivity index (χ3n) is 3.94. The Labute approximate surface area is 173 Å². The van der Waals surface area contributed by atoms with E-state index in [1.807, 2.05) is 48.5 Å². The highest BCUT2D eigenvalue weighted by Gasteiger charge is 2.09. The Bertz CT molecular complexity index is 960. The summed E-state index contributed by atoms with van der Waals surface area (Å²) in [5.74, 6) is -0.269. The summed E-state index contributed by atoms with van der Waals surface area (Å²) < 4.78 is 0.